The molecule has 2 aromatic heterocycles. The second-order valence-corrected chi connectivity index (χ2v) is 4.29. The molecule has 2 nitrogen and oxygen atoms in total. The second-order valence-electron chi connectivity index (χ2n) is 3.47. The lowest BCUT2D eigenvalue weighted by Gasteiger charge is -1.95. The van der Waals surface area contributed by atoms with Crippen LogP contribution in [-0.2, 0) is 0 Å². The summed E-state index contributed by atoms with van der Waals surface area (Å²) >= 11 is 11.1. The fourth-order valence-corrected chi connectivity index (χ4v) is 1.56. The molecule has 84 valence electrons. The summed E-state index contributed by atoms with van der Waals surface area (Å²) in [5.74, 6) is 5.93. The summed E-state index contributed by atoms with van der Waals surface area (Å²) in [7, 11) is 0. The third-order valence-corrected chi connectivity index (χ3v) is 2.99. The van der Waals surface area contributed by atoms with Crippen LogP contribution in [-0.4, -0.2) is 9.97 Å². The summed E-state index contributed by atoms with van der Waals surface area (Å²) in [4.78, 5) is 7.13. The Balaban J connectivity index is 2.36. The molecule has 1 N–H and O–H groups in total. The Morgan fingerprint density at radius 2 is 2.12 bits per heavy atom. The van der Waals surface area contributed by atoms with Gasteiger partial charge in [0.15, 0.2) is 0 Å². The van der Waals surface area contributed by atoms with E-state index in [0.717, 1.165) is 11.3 Å². The van der Waals surface area contributed by atoms with Crippen LogP contribution in [0.4, 0.5) is 0 Å². The van der Waals surface area contributed by atoms with Crippen LogP contribution in [0.3, 0.4) is 0 Å². The summed E-state index contributed by atoms with van der Waals surface area (Å²) in [5, 5.41) is 0.482. The van der Waals surface area contributed by atoms with Crippen LogP contribution < -0.4 is 0 Å². The van der Waals surface area contributed by atoms with Gasteiger partial charge in [0, 0.05) is 23.7 Å². The van der Waals surface area contributed by atoms with E-state index in [-0.39, 0.29) is 0 Å². The minimum Gasteiger partial charge on any atom is -0.354 e. The molecule has 17 heavy (non-hydrogen) atoms. The van der Waals surface area contributed by atoms with Gasteiger partial charge in [-0.2, -0.15) is 0 Å². The number of halogens is 1. The molecule has 0 saturated heterocycles. The van der Waals surface area contributed by atoms with Crippen molar-refractivity contribution >= 4 is 23.8 Å². The van der Waals surface area contributed by atoms with Crippen LogP contribution in [0.1, 0.15) is 17.0 Å². The van der Waals surface area contributed by atoms with Crippen LogP contribution in [0.2, 0.25) is 5.02 Å². The minimum absolute atomic E-state index is 0.482. The molecule has 0 saturated carbocycles. The monoisotopic (exact) mass is 260 g/mol. The van der Waals surface area contributed by atoms with E-state index in [0.29, 0.717) is 15.2 Å². The number of aryl methyl sites for hydroxylation is 1. The highest BCUT2D eigenvalue weighted by atomic mass is 35.5. The Morgan fingerprint density at radius 1 is 1.29 bits per heavy atom. The first kappa shape index (κ1) is 11.8. The van der Waals surface area contributed by atoms with E-state index in [2.05, 4.69) is 21.8 Å². The van der Waals surface area contributed by atoms with Gasteiger partial charge < -0.3 is 4.98 Å². The average Bonchev–Trinajstić information content (AvgIpc) is 2.33. The summed E-state index contributed by atoms with van der Waals surface area (Å²) in [6.45, 7) is 1.93. The third kappa shape index (κ3) is 2.94. The average molecular weight is 261 g/mol. The van der Waals surface area contributed by atoms with E-state index in [1.54, 1.807) is 18.5 Å². The van der Waals surface area contributed by atoms with E-state index in [1.165, 1.54) is 0 Å². The molecule has 0 bridgehead atoms. The third-order valence-electron chi connectivity index (χ3n) is 2.14. The SMILES string of the molecule is Cc1ccc(C#Cc2[nH]ccc(=S)c2Cl)cn1. The Morgan fingerprint density at radius 3 is 2.82 bits per heavy atom. The molecule has 0 spiro atoms. The van der Waals surface area contributed by atoms with E-state index in [9.17, 15) is 0 Å². The zero-order chi connectivity index (χ0) is 12.3. The van der Waals surface area contributed by atoms with Crippen molar-refractivity contribution in [2.45, 2.75) is 6.92 Å². The first-order chi connectivity index (χ1) is 8.16. The predicted molar refractivity (Wildman–Crippen MR) is 71.6 cm³/mol. The Labute approximate surface area is 110 Å². The van der Waals surface area contributed by atoms with Gasteiger partial charge in [-0.25, -0.2) is 0 Å². The van der Waals surface area contributed by atoms with Gasteiger partial charge in [-0.15, -0.1) is 0 Å². The molecular formula is C13H9ClN2S. The number of aromatic nitrogens is 2. The molecule has 0 aliphatic heterocycles. The van der Waals surface area contributed by atoms with Crippen molar-refractivity contribution in [3.63, 3.8) is 0 Å². The van der Waals surface area contributed by atoms with E-state index < -0.39 is 0 Å². The van der Waals surface area contributed by atoms with Gasteiger partial charge in [0.1, 0.15) is 5.69 Å². The number of nitrogens with zero attached hydrogens (tertiary/aromatic N) is 1. The molecule has 0 unspecified atom stereocenters. The lowest BCUT2D eigenvalue weighted by Crippen LogP contribution is -1.85. The molecule has 0 aromatic carbocycles. The maximum Gasteiger partial charge on any atom is 0.110 e. The number of rotatable bonds is 0. The molecule has 0 aliphatic rings. The summed E-state index contributed by atoms with van der Waals surface area (Å²) < 4.78 is 0.594. The van der Waals surface area contributed by atoms with Crippen LogP contribution in [0.15, 0.2) is 30.6 Å². The quantitative estimate of drug-likeness (QED) is 0.580. The maximum absolute atomic E-state index is 6.03. The summed E-state index contributed by atoms with van der Waals surface area (Å²) in [6.07, 6.45) is 3.46. The fraction of sp³-hybridized carbons (Fsp3) is 0.0769. The first-order valence-electron chi connectivity index (χ1n) is 4.98. The highest BCUT2D eigenvalue weighted by Gasteiger charge is 1.97. The molecule has 4 heteroatoms. The molecule has 0 fully saturated rings. The number of nitrogens with one attached hydrogen (secondary N) is 1. The topological polar surface area (TPSA) is 28.7 Å². The van der Waals surface area contributed by atoms with Crippen molar-refractivity contribution in [1.82, 2.24) is 9.97 Å². The lowest BCUT2D eigenvalue weighted by atomic mass is 10.2. The highest BCUT2D eigenvalue weighted by Crippen LogP contribution is 2.13. The van der Waals surface area contributed by atoms with E-state index in [1.807, 2.05) is 19.1 Å². The molecule has 0 radical (unpaired) electrons. The minimum atomic E-state index is 0.482. The van der Waals surface area contributed by atoms with Crippen LogP contribution in [0, 0.1) is 23.3 Å². The standard InChI is InChI=1S/C13H9ClN2S/c1-9-2-3-10(8-16-9)4-5-11-13(14)12(17)6-7-15-11/h2-3,6-8H,1H3,(H,15,17). The fourth-order valence-electron chi connectivity index (χ4n) is 1.23. The zero-order valence-electron chi connectivity index (χ0n) is 9.12. The molecular weight excluding hydrogens is 252 g/mol. The smallest absolute Gasteiger partial charge is 0.110 e. The lowest BCUT2D eigenvalue weighted by molar-refractivity contribution is 1.19. The molecule has 0 aliphatic carbocycles. The van der Waals surface area contributed by atoms with E-state index >= 15 is 0 Å². The van der Waals surface area contributed by atoms with Crippen molar-refractivity contribution in [3.05, 3.63) is 57.1 Å². The van der Waals surface area contributed by atoms with Gasteiger partial charge in [0.2, 0.25) is 0 Å². The number of hydrogen-bond donors (Lipinski definition) is 1. The number of aromatic amines is 1. The first-order valence-corrected chi connectivity index (χ1v) is 5.77. The van der Waals surface area contributed by atoms with Crippen molar-refractivity contribution in [3.8, 4) is 11.8 Å². The number of H-pyrrole nitrogens is 1. The van der Waals surface area contributed by atoms with Crippen LogP contribution >= 0.6 is 23.8 Å². The van der Waals surface area contributed by atoms with Crippen LogP contribution in [0.25, 0.3) is 0 Å². The summed E-state index contributed by atoms with van der Waals surface area (Å²) in [5.41, 5.74) is 2.43. The van der Waals surface area contributed by atoms with Crippen molar-refractivity contribution in [2.75, 3.05) is 0 Å². The summed E-state index contributed by atoms with van der Waals surface area (Å²) in [6, 6.07) is 5.57. The molecule has 2 aromatic rings. The number of pyridine rings is 2. The van der Waals surface area contributed by atoms with Gasteiger partial charge in [-0.3, -0.25) is 4.98 Å². The van der Waals surface area contributed by atoms with Crippen molar-refractivity contribution in [1.29, 1.82) is 0 Å². The largest absolute Gasteiger partial charge is 0.354 e. The maximum atomic E-state index is 6.03. The van der Waals surface area contributed by atoms with Gasteiger partial charge in [0.25, 0.3) is 0 Å². The van der Waals surface area contributed by atoms with Crippen molar-refractivity contribution < 1.29 is 0 Å². The molecule has 2 rings (SSSR count). The predicted octanol–water partition coefficient (Wildman–Crippen LogP) is 3.50. The van der Waals surface area contributed by atoms with Crippen LogP contribution in [0.5, 0.6) is 0 Å². The van der Waals surface area contributed by atoms with E-state index in [4.69, 9.17) is 23.8 Å². The Bertz CT molecular complexity index is 648. The molecule has 0 amide bonds. The molecule has 0 atom stereocenters. The van der Waals surface area contributed by atoms with Gasteiger partial charge in [-0.05, 0) is 31.0 Å². The molecule has 2 heterocycles. The van der Waals surface area contributed by atoms with Gasteiger partial charge >= 0.3 is 0 Å². The number of hydrogen-bond acceptors (Lipinski definition) is 2. The second kappa shape index (κ2) is 5.13. The normalized spacial score (nSPS) is 9.53. The van der Waals surface area contributed by atoms with Gasteiger partial charge in [-0.1, -0.05) is 29.7 Å². The van der Waals surface area contributed by atoms with Crippen molar-refractivity contribution in [2.24, 2.45) is 0 Å². The zero-order valence-corrected chi connectivity index (χ0v) is 10.7. The van der Waals surface area contributed by atoms with Gasteiger partial charge in [0.05, 0.1) is 9.53 Å². The Hall–Kier alpha value is -1.63. The highest BCUT2D eigenvalue weighted by molar-refractivity contribution is 7.71. The Kier molecular flexibility index (Phi) is 3.58.